The minimum atomic E-state index is -0.255. The summed E-state index contributed by atoms with van der Waals surface area (Å²) in [6.45, 7) is 11.6. The van der Waals surface area contributed by atoms with E-state index in [1.165, 1.54) is 4.90 Å². The Kier molecular flexibility index (Phi) is 6.09. The van der Waals surface area contributed by atoms with Crippen molar-refractivity contribution in [2.45, 2.75) is 53.6 Å². The molecule has 0 saturated carbocycles. The van der Waals surface area contributed by atoms with Crippen LogP contribution in [-0.4, -0.2) is 35.9 Å². The highest BCUT2D eigenvalue weighted by molar-refractivity contribution is 6.45. The van der Waals surface area contributed by atoms with Crippen LogP contribution in [0.3, 0.4) is 0 Å². The highest BCUT2D eigenvalue weighted by Crippen LogP contribution is 2.38. The highest BCUT2D eigenvalue weighted by Gasteiger charge is 2.43. The molecule has 2 amide bonds. The fourth-order valence-electron chi connectivity index (χ4n) is 4.62. The van der Waals surface area contributed by atoms with Gasteiger partial charge in [0.05, 0.1) is 17.4 Å². The SMILES string of the molecule is Cc1ccc(C)c(N2C(=O)C(c3ccc(OC(C)C)cc3)=C(N3CCCC(C)C3)C2=O)c1. The lowest BCUT2D eigenvalue weighted by Gasteiger charge is -2.33. The summed E-state index contributed by atoms with van der Waals surface area (Å²) in [6.07, 6.45) is 2.23. The zero-order valence-corrected chi connectivity index (χ0v) is 19.6. The highest BCUT2D eigenvalue weighted by atomic mass is 16.5. The Morgan fingerprint density at radius 3 is 2.38 bits per heavy atom. The van der Waals surface area contributed by atoms with Gasteiger partial charge in [0.15, 0.2) is 0 Å². The average Bonchev–Trinajstić information content (AvgIpc) is 3.00. The van der Waals surface area contributed by atoms with Crippen molar-refractivity contribution in [1.29, 1.82) is 0 Å². The molecule has 168 valence electrons. The van der Waals surface area contributed by atoms with E-state index >= 15 is 0 Å². The quantitative estimate of drug-likeness (QED) is 0.617. The first-order valence-electron chi connectivity index (χ1n) is 11.5. The van der Waals surface area contributed by atoms with Gasteiger partial charge in [-0.05, 0) is 81.3 Å². The van der Waals surface area contributed by atoms with Crippen molar-refractivity contribution in [3.05, 3.63) is 64.9 Å². The molecule has 1 saturated heterocycles. The van der Waals surface area contributed by atoms with Crippen LogP contribution in [0.1, 0.15) is 50.3 Å². The maximum Gasteiger partial charge on any atom is 0.282 e. The monoisotopic (exact) mass is 432 g/mol. The van der Waals surface area contributed by atoms with E-state index in [1.54, 1.807) is 0 Å². The number of aryl methyl sites for hydroxylation is 2. The fraction of sp³-hybridized carbons (Fsp3) is 0.407. The molecule has 32 heavy (non-hydrogen) atoms. The van der Waals surface area contributed by atoms with E-state index in [-0.39, 0.29) is 17.9 Å². The van der Waals surface area contributed by atoms with Crippen molar-refractivity contribution in [3.8, 4) is 5.75 Å². The van der Waals surface area contributed by atoms with Crippen molar-refractivity contribution in [2.24, 2.45) is 5.92 Å². The number of amides is 2. The fourth-order valence-corrected chi connectivity index (χ4v) is 4.62. The maximum absolute atomic E-state index is 13.8. The molecular weight excluding hydrogens is 400 g/mol. The van der Waals surface area contributed by atoms with Gasteiger partial charge in [-0.25, -0.2) is 4.90 Å². The van der Waals surface area contributed by atoms with Crippen LogP contribution in [0, 0.1) is 19.8 Å². The molecule has 5 heteroatoms. The smallest absolute Gasteiger partial charge is 0.282 e. The summed E-state index contributed by atoms with van der Waals surface area (Å²) in [7, 11) is 0. The summed E-state index contributed by atoms with van der Waals surface area (Å²) in [5, 5.41) is 0. The number of carbonyl (C=O) groups excluding carboxylic acids is 2. The molecule has 0 aromatic heterocycles. The Balaban J connectivity index is 1.80. The first-order valence-corrected chi connectivity index (χ1v) is 11.5. The van der Waals surface area contributed by atoms with Crippen LogP contribution in [0.4, 0.5) is 5.69 Å². The number of likely N-dealkylation sites (tertiary alicyclic amines) is 1. The number of carbonyl (C=O) groups is 2. The van der Waals surface area contributed by atoms with Gasteiger partial charge in [0.1, 0.15) is 11.4 Å². The molecule has 2 heterocycles. The number of hydrogen-bond donors (Lipinski definition) is 0. The van der Waals surface area contributed by atoms with Crippen molar-refractivity contribution >= 4 is 23.1 Å². The molecule has 0 aliphatic carbocycles. The van der Waals surface area contributed by atoms with Gasteiger partial charge < -0.3 is 9.64 Å². The number of imide groups is 1. The largest absolute Gasteiger partial charge is 0.491 e. The van der Waals surface area contributed by atoms with Crippen molar-refractivity contribution in [3.63, 3.8) is 0 Å². The minimum Gasteiger partial charge on any atom is -0.491 e. The van der Waals surface area contributed by atoms with Gasteiger partial charge in [0, 0.05) is 13.1 Å². The number of anilines is 1. The molecule has 5 nitrogen and oxygen atoms in total. The number of benzene rings is 2. The van der Waals surface area contributed by atoms with Crippen LogP contribution in [0.2, 0.25) is 0 Å². The van der Waals surface area contributed by atoms with Gasteiger partial charge in [0.25, 0.3) is 11.8 Å². The Morgan fingerprint density at radius 2 is 1.72 bits per heavy atom. The second-order valence-electron chi connectivity index (χ2n) is 9.34. The third kappa shape index (κ3) is 4.16. The van der Waals surface area contributed by atoms with E-state index in [1.807, 2.05) is 70.2 Å². The first-order chi connectivity index (χ1) is 15.3. The second-order valence-corrected chi connectivity index (χ2v) is 9.34. The van der Waals surface area contributed by atoms with Crippen LogP contribution in [0.25, 0.3) is 5.57 Å². The van der Waals surface area contributed by atoms with Gasteiger partial charge >= 0.3 is 0 Å². The summed E-state index contributed by atoms with van der Waals surface area (Å²) in [4.78, 5) is 31.0. The van der Waals surface area contributed by atoms with Gasteiger partial charge in [-0.2, -0.15) is 0 Å². The van der Waals surface area contributed by atoms with Gasteiger partial charge in [-0.1, -0.05) is 31.2 Å². The van der Waals surface area contributed by atoms with E-state index in [0.29, 0.717) is 22.9 Å². The third-order valence-corrected chi connectivity index (χ3v) is 6.15. The summed E-state index contributed by atoms with van der Waals surface area (Å²) in [5.74, 6) is 0.752. The van der Waals surface area contributed by atoms with Crippen LogP contribution in [0.15, 0.2) is 48.2 Å². The molecular formula is C27H32N2O3. The lowest BCUT2D eigenvalue weighted by molar-refractivity contribution is -0.120. The number of nitrogens with zero attached hydrogens (tertiary/aromatic N) is 2. The molecule has 2 aliphatic heterocycles. The first kappa shape index (κ1) is 22.1. The molecule has 1 fully saturated rings. The number of hydrogen-bond acceptors (Lipinski definition) is 4. The number of piperidine rings is 1. The summed E-state index contributed by atoms with van der Waals surface area (Å²) in [5.41, 5.74) is 4.35. The standard InChI is InChI=1S/C27H32N2O3/c1-17(2)32-22-12-10-21(11-13-22)24-25(28-14-6-7-19(4)16-28)27(31)29(26(24)30)23-15-18(3)8-9-20(23)5/h8-13,15,17,19H,6-7,14,16H2,1-5H3. The zero-order valence-electron chi connectivity index (χ0n) is 19.6. The van der Waals surface area contributed by atoms with Crippen molar-refractivity contribution in [1.82, 2.24) is 4.90 Å². The molecule has 1 atom stereocenters. The molecule has 4 rings (SSSR count). The van der Waals surface area contributed by atoms with E-state index < -0.39 is 0 Å². The van der Waals surface area contributed by atoms with E-state index in [2.05, 4.69) is 11.8 Å². The maximum atomic E-state index is 13.8. The lowest BCUT2D eigenvalue weighted by atomic mass is 9.97. The van der Waals surface area contributed by atoms with E-state index in [4.69, 9.17) is 4.74 Å². The van der Waals surface area contributed by atoms with E-state index in [9.17, 15) is 9.59 Å². The summed E-state index contributed by atoms with van der Waals surface area (Å²) in [6, 6.07) is 13.4. The topological polar surface area (TPSA) is 49.9 Å². The zero-order chi connectivity index (χ0) is 23.0. The van der Waals surface area contributed by atoms with E-state index in [0.717, 1.165) is 48.4 Å². The summed E-state index contributed by atoms with van der Waals surface area (Å²) < 4.78 is 5.77. The third-order valence-electron chi connectivity index (χ3n) is 6.15. The van der Waals surface area contributed by atoms with Gasteiger partial charge in [0.2, 0.25) is 0 Å². The Bertz CT molecular complexity index is 1070. The predicted octanol–water partition coefficient (Wildman–Crippen LogP) is 5.11. The molecule has 0 spiro atoms. The number of ether oxygens (including phenoxy) is 1. The normalized spacial score (nSPS) is 19.4. The minimum absolute atomic E-state index is 0.0694. The predicted molar refractivity (Wildman–Crippen MR) is 128 cm³/mol. The second kappa shape index (κ2) is 8.81. The lowest BCUT2D eigenvalue weighted by Crippen LogP contribution is -2.39. The van der Waals surface area contributed by atoms with Crippen LogP contribution in [0.5, 0.6) is 5.75 Å². The Morgan fingerprint density at radius 1 is 1.00 bits per heavy atom. The van der Waals surface area contributed by atoms with Crippen LogP contribution >= 0.6 is 0 Å². The van der Waals surface area contributed by atoms with Crippen molar-refractivity contribution in [2.75, 3.05) is 18.0 Å². The molecule has 2 aliphatic rings. The number of rotatable bonds is 5. The van der Waals surface area contributed by atoms with Gasteiger partial charge in [-0.3, -0.25) is 9.59 Å². The Hall–Kier alpha value is -3.08. The molecule has 1 unspecified atom stereocenters. The average molecular weight is 433 g/mol. The van der Waals surface area contributed by atoms with Crippen LogP contribution < -0.4 is 9.64 Å². The molecule has 0 bridgehead atoms. The van der Waals surface area contributed by atoms with Crippen molar-refractivity contribution < 1.29 is 14.3 Å². The molecule has 0 N–H and O–H groups in total. The molecule has 0 radical (unpaired) electrons. The summed E-state index contributed by atoms with van der Waals surface area (Å²) >= 11 is 0. The Labute approximate surface area is 190 Å². The molecule has 2 aromatic rings. The van der Waals surface area contributed by atoms with Crippen LogP contribution in [-0.2, 0) is 9.59 Å². The molecule has 2 aromatic carbocycles. The van der Waals surface area contributed by atoms with Gasteiger partial charge in [-0.15, -0.1) is 0 Å².